The highest BCUT2D eigenvalue weighted by Crippen LogP contribution is 2.42. The van der Waals surface area contributed by atoms with Gasteiger partial charge in [0.1, 0.15) is 5.84 Å². The number of nitrogens with zero attached hydrogens (tertiary/aromatic N) is 6. The molecule has 44 heavy (non-hydrogen) atoms. The third kappa shape index (κ3) is 4.78. The second-order valence-electron chi connectivity index (χ2n) is 14.3. The Morgan fingerprint density at radius 1 is 0.591 bits per heavy atom. The van der Waals surface area contributed by atoms with E-state index in [1.54, 1.807) is 0 Å². The lowest BCUT2D eigenvalue weighted by Crippen LogP contribution is -2.53. The molecule has 0 amide bonds. The molecule has 1 N–H and O–H groups in total. The van der Waals surface area contributed by atoms with E-state index < -0.39 is 0 Å². The second kappa shape index (κ2) is 10.2. The van der Waals surface area contributed by atoms with E-state index in [0.29, 0.717) is 17.5 Å². The average molecular weight is 588 g/mol. The largest absolute Gasteiger partial charge is 0.349 e. The highest BCUT2D eigenvalue weighted by atomic mass is 15.4. The van der Waals surface area contributed by atoms with Crippen molar-refractivity contribution in [3.8, 4) is 34.2 Å². The molecule has 0 radical (unpaired) electrons. The van der Waals surface area contributed by atoms with E-state index in [0.717, 1.165) is 28.2 Å². The van der Waals surface area contributed by atoms with Crippen LogP contribution in [0, 0.1) is 0 Å². The van der Waals surface area contributed by atoms with Crippen molar-refractivity contribution in [2.75, 3.05) is 9.80 Å². The maximum absolute atomic E-state index is 5.00. The summed E-state index contributed by atoms with van der Waals surface area (Å²) in [7, 11) is 0. The van der Waals surface area contributed by atoms with E-state index in [9.17, 15) is 0 Å². The predicted octanol–water partition coefficient (Wildman–Crippen LogP) is 7.98. The first-order valence-electron chi connectivity index (χ1n) is 15.6. The number of hydrogen-bond donors (Lipinski definition) is 1. The third-order valence-electron chi connectivity index (χ3n) is 10.4. The molecule has 1 saturated heterocycles. The van der Waals surface area contributed by atoms with Gasteiger partial charge >= 0.3 is 0 Å². The summed E-state index contributed by atoms with van der Waals surface area (Å²) in [6, 6.07) is 27.2. The lowest BCUT2D eigenvalue weighted by atomic mass is 9.83. The van der Waals surface area contributed by atoms with Crippen molar-refractivity contribution in [1.82, 2.24) is 20.3 Å². The summed E-state index contributed by atoms with van der Waals surface area (Å²) in [6.45, 7) is 22.3. The smallest absolute Gasteiger partial charge is 0.164 e. The first kappa shape index (κ1) is 29.9. The van der Waals surface area contributed by atoms with E-state index in [2.05, 4.69) is 133 Å². The SMILES string of the molecule is CC1=NC(C)(C)C(C)(C)N1c1ccc(-c2nc(-c3ccccc3)nc(-c3ccc(N4C(C)NC(C)(C)C4(C)C)cc3)n2)cc1. The van der Waals surface area contributed by atoms with Gasteiger partial charge < -0.3 is 9.80 Å². The van der Waals surface area contributed by atoms with Gasteiger partial charge in [-0.15, -0.1) is 0 Å². The topological polar surface area (TPSA) is 69.5 Å². The molecule has 4 aromatic rings. The van der Waals surface area contributed by atoms with Gasteiger partial charge in [-0.05, 0) is 118 Å². The zero-order chi connectivity index (χ0) is 31.7. The molecule has 1 atom stereocenters. The summed E-state index contributed by atoms with van der Waals surface area (Å²) in [5, 5.41) is 3.75. The molecule has 0 bridgehead atoms. The Labute approximate surface area is 262 Å². The van der Waals surface area contributed by atoms with E-state index in [1.165, 1.54) is 5.69 Å². The quantitative estimate of drug-likeness (QED) is 0.255. The molecule has 228 valence electrons. The van der Waals surface area contributed by atoms with E-state index in [1.807, 2.05) is 30.3 Å². The maximum atomic E-state index is 5.00. The van der Waals surface area contributed by atoms with Gasteiger partial charge in [0, 0.05) is 33.6 Å². The minimum atomic E-state index is -0.186. The van der Waals surface area contributed by atoms with Crippen molar-refractivity contribution in [3.63, 3.8) is 0 Å². The zero-order valence-electron chi connectivity index (χ0n) is 27.8. The van der Waals surface area contributed by atoms with Crippen molar-refractivity contribution >= 4 is 17.2 Å². The number of hydrogen-bond acceptors (Lipinski definition) is 7. The van der Waals surface area contributed by atoms with Crippen molar-refractivity contribution in [1.29, 1.82) is 0 Å². The van der Waals surface area contributed by atoms with Crippen LogP contribution in [0.2, 0.25) is 0 Å². The van der Waals surface area contributed by atoms with Crippen LogP contribution in [0.4, 0.5) is 11.4 Å². The highest BCUT2D eigenvalue weighted by molar-refractivity contribution is 6.00. The van der Waals surface area contributed by atoms with E-state index in [-0.39, 0.29) is 28.3 Å². The van der Waals surface area contributed by atoms with E-state index in [4.69, 9.17) is 19.9 Å². The van der Waals surface area contributed by atoms with Crippen molar-refractivity contribution in [2.24, 2.45) is 4.99 Å². The monoisotopic (exact) mass is 587 g/mol. The summed E-state index contributed by atoms with van der Waals surface area (Å²) in [5.41, 5.74) is 4.70. The average Bonchev–Trinajstić information content (AvgIpc) is 3.25. The Morgan fingerprint density at radius 3 is 1.45 bits per heavy atom. The highest BCUT2D eigenvalue weighted by Gasteiger charge is 2.50. The first-order valence-corrected chi connectivity index (χ1v) is 15.6. The molecular formula is C37H45N7. The summed E-state index contributed by atoms with van der Waals surface area (Å²) < 4.78 is 0. The van der Waals surface area contributed by atoms with Crippen LogP contribution in [-0.2, 0) is 0 Å². The van der Waals surface area contributed by atoms with Crippen LogP contribution in [0.15, 0.2) is 83.9 Å². The molecule has 0 saturated carbocycles. The number of benzene rings is 3. The fourth-order valence-corrected chi connectivity index (χ4v) is 6.76. The minimum Gasteiger partial charge on any atom is -0.349 e. The van der Waals surface area contributed by atoms with Crippen LogP contribution in [0.25, 0.3) is 34.2 Å². The fraction of sp³-hybridized carbons (Fsp3) is 0.405. The molecule has 2 aliphatic heterocycles. The molecule has 6 rings (SSSR count). The third-order valence-corrected chi connectivity index (χ3v) is 10.4. The van der Waals surface area contributed by atoms with Gasteiger partial charge in [-0.2, -0.15) is 0 Å². The van der Waals surface area contributed by atoms with Crippen molar-refractivity contribution < 1.29 is 0 Å². The first-order chi connectivity index (χ1) is 20.6. The van der Waals surface area contributed by atoms with Crippen LogP contribution in [-0.4, -0.2) is 49.1 Å². The standard InChI is InChI=1S/C37H45N7/c1-24-41-34(3,4)36(7,8)43(24)29-20-16-27(17-21-29)32-38-31(26-14-12-11-13-15-26)39-33(40-32)28-18-22-30(23-19-28)44-25(2)42-35(5,6)37(44,9)10/h11-24,41H,1-10H3. The number of aliphatic imine (C=N–C) groups is 1. The number of amidine groups is 1. The Bertz CT molecular complexity index is 1700. The van der Waals surface area contributed by atoms with Crippen LogP contribution < -0.4 is 15.1 Å². The van der Waals surface area contributed by atoms with Gasteiger partial charge in [0.05, 0.1) is 22.8 Å². The van der Waals surface area contributed by atoms with Gasteiger partial charge in [-0.25, -0.2) is 15.0 Å². The number of anilines is 2. The van der Waals surface area contributed by atoms with E-state index >= 15 is 0 Å². The molecule has 0 aliphatic carbocycles. The van der Waals surface area contributed by atoms with Crippen molar-refractivity contribution in [3.05, 3.63) is 78.9 Å². The lowest BCUT2D eigenvalue weighted by Gasteiger charge is -2.41. The summed E-state index contributed by atoms with van der Waals surface area (Å²) in [6.07, 6.45) is 0.217. The molecule has 7 heteroatoms. The predicted molar refractivity (Wildman–Crippen MR) is 183 cm³/mol. The zero-order valence-corrected chi connectivity index (χ0v) is 27.8. The Morgan fingerprint density at radius 2 is 1.05 bits per heavy atom. The molecule has 7 nitrogen and oxygen atoms in total. The summed E-state index contributed by atoms with van der Waals surface area (Å²) in [4.78, 5) is 24.6. The normalized spacial score (nSPS) is 21.4. The molecule has 1 unspecified atom stereocenters. The second-order valence-corrected chi connectivity index (χ2v) is 14.3. The minimum absolute atomic E-state index is 0.0272. The molecule has 3 aromatic carbocycles. The Kier molecular flexibility index (Phi) is 6.96. The molecule has 2 aliphatic rings. The number of nitrogens with one attached hydrogen (secondary N) is 1. The summed E-state index contributed by atoms with van der Waals surface area (Å²) >= 11 is 0. The van der Waals surface area contributed by atoms with Crippen molar-refractivity contribution in [2.45, 2.75) is 97.6 Å². The van der Waals surface area contributed by atoms with Gasteiger partial charge in [-0.1, -0.05) is 30.3 Å². The maximum Gasteiger partial charge on any atom is 0.164 e. The lowest BCUT2D eigenvalue weighted by molar-refractivity contribution is 0.315. The number of rotatable bonds is 5. The van der Waals surface area contributed by atoms with Crippen LogP contribution in [0.5, 0.6) is 0 Å². The van der Waals surface area contributed by atoms with Crippen LogP contribution >= 0.6 is 0 Å². The van der Waals surface area contributed by atoms with Gasteiger partial charge in [-0.3, -0.25) is 10.3 Å². The van der Waals surface area contributed by atoms with Gasteiger partial charge in [0.25, 0.3) is 0 Å². The Hall–Kier alpha value is -4.10. The van der Waals surface area contributed by atoms with Crippen LogP contribution in [0.1, 0.15) is 69.2 Å². The molecule has 0 spiro atoms. The molecule has 3 heterocycles. The van der Waals surface area contributed by atoms with Gasteiger partial charge in [0.15, 0.2) is 17.5 Å². The Balaban J connectivity index is 1.38. The fourth-order valence-electron chi connectivity index (χ4n) is 6.76. The molecule has 1 aromatic heterocycles. The summed E-state index contributed by atoms with van der Waals surface area (Å²) in [5.74, 6) is 2.98. The molecule has 1 fully saturated rings. The van der Waals surface area contributed by atoms with Crippen LogP contribution in [0.3, 0.4) is 0 Å². The molecular weight excluding hydrogens is 542 g/mol. The van der Waals surface area contributed by atoms with Gasteiger partial charge in [0.2, 0.25) is 0 Å². The number of aromatic nitrogens is 3.